The predicted octanol–water partition coefficient (Wildman–Crippen LogP) is 5.49. The Morgan fingerprint density at radius 1 is 0.926 bits per heavy atom. The second-order valence-corrected chi connectivity index (χ2v) is 7.39. The molecule has 0 aliphatic rings. The van der Waals surface area contributed by atoms with E-state index in [0.717, 1.165) is 9.99 Å². The van der Waals surface area contributed by atoms with Crippen molar-refractivity contribution in [2.75, 3.05) is 6.54 Å². The van der Waals surface area contributed by atoms with Crippen molar-refractivity contribution in [2.24, 2.45) is 0 Å². The maximum Gasteiger partial charge on any atom is 0.251 e. The maximum atomic E-state index is 12.6. The number of aromatic amines is 1. The van der Waals surface area contributed by atoms with E-state index in [9.17, 15) is 4.79 Å². The summed E-state index contributed by atoms with van der Waals surface area (Å²) in [6.45, 7) is 0.529. The van der Waals surface area contributed by atoms with Gasteiger partial charge < -0.3 is 10.3 Å². The van der Waals surface area contributed by atoms with Gasteiger partial charge in [-0.05, 0) is 41.5 Å². The maximum absolute atomic E-state index is 12.6. The number of nitrogens with one attached hydrogen (secondary N) is 2. The third-order valence-corrected chi connectivity index (χ3v) is 5.30. The highest BCUT2D eigenvalue weighted by Crippen LogP contribution is 2.30. The van der Waals surface area contributed by atoms with Gasteiger partial charge in [0, 0.05) is 39.6 Å². The third kappa shape index (κ3) is 3.81. The van der Waals surface area contributed by atoms with Crippen LogP contribution in [0.15, 0.2) is 89.5 Å². The lowest BCUT2D eigenvalue weighted by molar-refractivity contribution is 0.0952. The van der Waals surface area contributed by atoms with Crippen LogP contribution in [0.2, 0.25) is 0 Å². The molecule has 4 rings (SSSR count). The largest absolute Gasteiger partial charge is 0.361 e. The second kappa shape index (κ2) is 7.80. The van der Waals surface area contributed by atoms with Crippen molar-refractivity contribution in [1.29, 1.82) is 0 Å². The molecule has 1 unspecified atom stereocenters. The highest BCUT2D eigenvalue weighted by molar-refractivity contribution is 9.10. The molecule has 27 heavy (non-hydrogen) atoms. The molecule has 134 valence electrons. The Morgan fingerprint density at radius 2 is 1.63 bits per heavy atom. The van der Waals surface area contributed by atoms with Crippen LogP contribution in [-0.2, 0) is 0 Å². The van der Waals surface area contributed by atoms with Crippen LogP contribution in [0.3, 0.4) is 0 Å². The van der Waals surface area contributed by atoms with Gasteiger partial charge in [0.15, 0.2) is 0 Å². The van der Waals surface area contributed by atoms with Crippen LogP contribution in [0.5, 0.6) is 0 Å². The second-order valence-electron chi connectivity index (χ2n) is 6.47. The lowest BCUT2D eigenvalue weighted by atomic mass is 9.91. The lowest BCUT2D eigenvalue weighted by Crippen LogP contribution is -2.28. The zero-order valence-electron chi connectivity index (χ0n) is 14.7. The van der Waals surface area contributed by atoms with Gasteiger partial charge in [0.25, 0.3) is 5.91 Å². The molecule has 0 fully saturated rings. The molecular formula is C23H19BrN2O. The van der Waals surface area contributed by atoms with Crippen molar-refractivity contribution in [1.82, 2.24) is 10.3 Å². The first-order chi connectivity index (χ1) is 13.2. The van der Waals surface area contributed by atoms with E-state index in [1.807, 2.05) is 60.8 Å². The van der Waals surface area contributed by atoms with Gasteiger partial charge in [-0.15, -0.1) is 0 Å². The Hall–Kier alpha value is -2.85. The number of carbonyl (C=O) groups excluding carboxylic acids is 1. The predicted molar refractivity (Wildman–Crippen MR) is 113 cm³/mol. The minimum Gasteiger partial charge on any atom is -0.361 e. The summed E-state index contributed by atoms with van der Waals surface area (Å²) >= 11 is 3.40. The van der Waals surface area contributed by atoms with Crippen LogP contribution >= 0.6 is 15.9 Å². The summed E-state index contributed by atoms with van der Waals surface area (Å²) < 4.78 is 0.958. The highest BCUT2D eigenvalue weighted by Gasteiger charge is 2.19. The van der Waals surface area contributed by atoms with E-state index in [-0.39, 0.29) is 11.8 Å². The van der Waals surface area contributed by atoms with E-state index in [1.165, 1.54) is 16.5 Å². The molecule has 1 heterocycles. The molecule has 0 radical (unpaired) electrons. The number of para-hydroxylation sites is 1. The quantitative estimate of drug-likeness (QED) is 0.441. The molecule has 1 amide bonds. The third-order valence-electron chi connectivity index (χ3n) is 4.77. The molecule has 0 saturated heterocycles. The molecule has 0 bridgehead atoms. The molecule has 3 aromatic carbocycles. The van der Waals surface area contributed by atoms with Gasteiger partial charge in [-0.1, -0.05) is 64.5 Å². The number of hydrogen-bond donors (Lipinski definition) is 2. The summed E-state index contributed by atoms with van der Waals surface area (Å²) in [5.41, 5.74) is 4.13. The fourth-order valence-corrected chi connectivity index (χ4v) is 3.64. The molecule has 0 aliphatic carbocycles. The number of H-pyrrole nitrogens is 1. The van der Waals surface area contributed by atoms with Crippen molar-refractivity contribution in [2.45, 2.75) is 5.92 Å². The van der Waals surface area contributed by atoms with Crippen molar-refractivity contribution in [3.05, 3.63) is 106 Å². The summed E-state index contributed by atoms with van der Waals surface area (Å²) in [6.07, 6.45) is 2.05. The van der Waals surface area contributed by atoms with Crippen molar-refractivity contribution < 1.29 is 4.79 Å². The minimum atomic E-state index is -0.0664. The Labute approximate surface area is 166 Å². The smallest absolute Gasteiger partial charge is 0.251 e. The summed E-state index contributed by atoms with van der Waals surface area (Å²) in [4.78, 5) is 15.9. The van der Waals surface area contributed by atoms with Gasteiger partial charge in [-0.3, -0.25) is 4.79 Å². The molecule has 0 saturated carbocycles. The van der Waals surface area contributed by atoms with Gasteiger partial charge >= 0.3 is 0 Å². The van der Waals surface area contributed by atoms with Gasteiger partial charge in [0.2, 0.25) is 0 Å². The van der Waals surface area contributed by atoms with Gasteiger partial charge in [-0.25, -0.2) is 0 Å². The molecule has 1 atom stereocenters. The normalized spacial score (nSPS) is 12.0. The standard InChI is InChI=1S/C23H19BrN2O/c24-18-12-10-17(11-13-18)23(27)26-14-20(16-6-2-1-3-7-16)21-15-25-22-9-5-4-8-19(21)22/h1-13,15,20,25H,14H2,(H,26,27). The number of benzene rings is 3. The Balaban J connectivity index is 1.63. The first kappa shape index (κ1) is 17.6. The van der Waals surface area contributed by atoms with Crippen LogP contribution in [-0.4, -0.2) is 17.4 Å². The van der Waals surface area contributed by atoms with E-state index in [4.69, 9.17) is 0 Å². The van der Waals surface area contributed by atoms with E-state index in [0.29, 0.717) is 12.1 Å². The molecule has 3 nitrogen and oxygen atoms in total. The number of rotatable bonds is 5. The number of carbonyl (C=O) groups is 1. The van der Waals surface area contributed by atoms with Crippen LogP contribution in [0.4, 0.5) is 0 Å². The van der Waals surface area contributed by atoms with Crippen molar-refractivity contribution in [3.63, 3.8) is 0 Å². The highest BCUT2D eigenvalue weighted by atomic mass is 79.9. The zero-order valence-corrected chi connectivity index (χ0v) is 16.2. The Bertz CT molecular complexity index is 1050. The molecular weight excluding hydrogens is 400 g/mol. The SMILES string of the molecule is O=C(NCC(c1ccccc1)c1c[nH]c2ccccc12)c1ccc(Br)cc1. The average Bonchev–Trinajstić information content (AvgIpc) is 3.13. The topological polar surface area (TPSA) is 44.9 Å². The Kier molecular flexibility index (Phi) is 5.07. The first-order valence-corrected chi connectivity index (χ1v) is 9.66. The molecule has 0 aliphatic heterocycles. The van der Waals surface area contributed by atoms with E-state index >= 15 is 0 Å². The number of hydrogen-bond acceptors (Lipinski definition) is 1. The average molecular weight is 419 g/mol. The lowest BCUT2D eigenvalue weighted by Gasteiger charge is -2.18. The van der Waals surface area contributed by atoms with Crippen molar-refractivity contribution in [3.8, 4) is 0 Å². The number of fused-ring (bicyclic) bond motifs is 1. The monoisotopic (exact) mass is 418 g/mol. The minimum absolute atomic E-state index is 0.0664. The summed E-state index contributed by atoms with van der Waals surface area (Å²) in [6, 6.07) is 26.0. The van der Waals surface area contributed by atoms with Crippen molar-refractivity contribution >= 4 is 32.7 Å². The van der Waals surface area contributed by atoms with E-state index < -0.39 is 0 Å². The fourth-order valence-electron chi connectivity index (χ4n) is 3.37. The molecule has 4 heteroatoms. The molecule has 2 N–H and O–H groups in total. The summed E-state index contributed by atoms with van der Waals surface area (Å²) in [5, 5.41) is 4.29. The fraction of sp³-hybridized carbons (Fsp3) is 0.0870. The van der Waals surface area contributed by atoms with Crippen LogP contribution in [0.25, 0.3) is 10.9 Å². The number of amides is 1. The van der Waals surface area contributed by atoms with Crippen LogP contribution in [0.1, 0.15) is 27.4 Å². The van der Waals surface area contributed by atoms with Gasteiger partial charge in [-0.2, -0.15) is 0 Å². The summed E-state index contributed by atoms with van der Waals surface area (Å²) in [5.74, 6) is 0.00465. The van der Waals surface area contributed by atoms with Crippen LogP contribution < -0.4 is 5.32 Å². The molecule has 4 aromatic rings. The number of aromatic nitrogens is 1. The first-order valence-electron chi connectivity index (χ1n) is 8.87. The number of halogens is 1. The Morgan fingerprint density at radius 3 is 2.41 bits per heavy atom. The van der Waals surface area contributed by atoms with Gasteiger partial charge in [0.05, 0.1) is 0 Å². The van der Waals surface area contributed by atoms with E-state index in [2.05, 4.69) is 50.5 Å². The van der Waals surface area contributed by atoms with E-state index in [1.54, 1.807) is 0 Å². The van der Waals surface area contributed by atoms with Crippen LogP contribution in [0, 0.1) is 0 Å². The van der Waals surface area contributed by atoms with Gasteiger partial charge in [0.1, 0.15) is 0 Å². The summed E-state index contributed by atoms with van der Waals surface area (Å²) in [7, 11) is 0. The molecule has 0 spiro atoms. The molecule has 1 aromatic heterocycles. The zero-order chi connectivity index (χ0) is 18.6.